The standard InChI is InChI=1S/C14H12ClN3O2/c15-9-2-1-8(7-16)11(5-9)17-12-6-13(19)18(14(12)20)10-3-4-10/h1-2,5,10,12,17H,3-4,6H2. The van der Waals surface area contributed by atoms with E-state index in [1.54, 1.807) is 18.2 Å². The minimum absolute atomic E-state index is 0.0802. The summed E-state index contributed by atoms with van der Waals surface area (Å²) in [6.45, 7) is 0. The third-order valence-electron chi connectivity index (χ3n) is 3.53. The van der Waals surface area contributed by atoms with Gasteiger partial charge in [-0.05, 0) is 31.0 Å². The number of hydrogen-bond acceptors (Lipinski definition) is 4. The summed E-state index contributed by atoms with van der Waals surface area (Å²) in [7, 11) is 0. The molecule has 1 atom stereocenters. The van der Waals surface area contributed by atoms with Gasteiger partial charge in [0.25, 0.3) is 5.91 Å². The summed E-state index contributed by atoms with van der Waals surface area (Å²) >= 11 is 5.90. The van der Waals surface area contributed by atoms with Crippen molar-refractivity contribution in [1.29, 1.82) is 5.26 Å². The normalized spacial score (nSPS) is 22.0. The number of halogens is 1. The van der Waals surface area contributed by atoms with Crippen molar-refractivity contribution in [2.24, 2.45) is 0 Å². The van der Waals surface area contributed by atoms with Gasteiger partial charge in [-0.2, -0.15) is 5.26 Å². The van der Waals surface area contributed by atoms with E-state index in [-0.39, 0.29) is 24.3 Å². The lowest BCUT2D eigenvalue weighted by atomic mass is 10.1. The summed E-state index contributed by atoms with van der Waals surface area (Å²) in [5, 5.41) is 12.5. The first kappa shape index (κ1) is 12.9. The molecule has 1 saturated carbocycles. The maximum Gasteiger partial charge on any atom is 0.252 e. The molecule has 1 aliphatic carbocycles. The van der Waals surface area contributed by atoms with Gasteiger partial charge in [-0.15, -0.1) is 0 Å². The number of anilines is 1. The van der Waals surface area contributed by atoms with Gasteiger partial charge in [0.15, 0.2) is 0 Å². The lowest BCUT2D eigenvalue weighted by Gasteiger charge is -2.16. The molecule has 2 fully saturated rings. The summed E-state index contributed by atoms with van der Waals surface area (Å²) in [4.78, 5) is 25.4. The van der Waals surface area contributed by atoms with Gasteiger partial charge >= 0.3 is 0 Å². The Hall–Kier alpha value is -2.06. The highest BCUT2D eigenvalue weighted by Crippen LogP contribution is 2.32. The van der Waals surface area contributed by atoms with Crippen LogP contribution in [0.5, 0.6) is 0 Å². The number of amides is 2. The van der Waals surface area contributed by atoms with Crippen molar-refractivity contribution < 1.29 is 9.59 Å². The number of carbonyl (C=O) groups is 2. The Kier molecular flexibility index (Phi) is 3.11. The first-order chi connectivity index (χ1) is 9.60. The lowest BCUT2D eigenvalue weighted by molar-refractivity contribution is -0.139. The molecule has 1 N–H and O–H groups in total. The average molecular weight is 290 g/mol. The van der Waals surface area contributed by atoms with Gasteiger partial charge in [0.2, 0.25) is 5.91 Å². The van der Waals surface area contributed by atoms with Crippen molar-refractivity contribution >= 4 is 29.1 Å². The maximum atomic E-state index is 12.2. The van der Waals surface area contributed by atoms with Gasteiger partial charge in [-0.1, -0.05) is 11.6 Å². The largest absolute Gasteiger partial charge is 0.372 e. The molecule has 1 aliphatic heterocycles. The Bertz CT molecular complexity index is 634. The minimum atomic E-state index is -0.603. The molecular weight excluding hydrogens is 278 g/mol. The van der Waals surface area contributed by atoms with Crippen molar-refractivity contribution in [3.05, 3.63) is 28.8 Å². The molecule has 102 valence electrons. The highest BCUT2D eigenvalue weighted by atomic mass is 35.5. The number of rotatable bonds is 3. The number of benzene rings is 1. The van der Waals surface area contributed by atoms with Crippen LogP contribution >= 0.6 is 11.6 Å². The number of likely N-dealkylation sites (tertiary alicyclic amines) is 1. The summed E-state index contributed by atoms with van der Waals surface area (Å²) < 4.78 is 0. The maximum absolute atomic E-state index is 12.2. The zero-order valence-electron chi connectivity index (χ0n) is 10.6. The van der Waals surface area contributed by atoms with E-state index in [0.717, 1.165) is 12.8 Å². The van der Waals surface area contributed by atoms with E-state index < -0.39 is 6.04 Å². The van der Waals surface area contributed by atoms with E-state index in [2.05, 4.69) is 5.32 Å². The summed E-state index contributed by atoms with van der Waals surface area (Å²) in [6.07, 6.45) is 1.92. The number of imide groups is 1. The molecule has 0 bridgehead atoms. The zero-order valence-corrected chi connectivity index (χ0v) is 11.4. The van der Waals surface area contributed by atoms with Crippen molar-refractivity contribution in [3.63, 3.8) is 0 Å². The fourth-order valence-corrected chi connectivity index (χ4v) is 2.57. The SMILES string of the molecule is N#Cc1ccc(Cl)cc1NC1CC(=O)N(C2CC2)C1=O. The smallest absolute Gasteiger partial charge is 0.252 e. The fraction of sp³-hybridized carbons (Fsp3) is 0.357. The van der Waals surface area contributed by atoms with Gasteiger partial charge in [0, 0.05) is 11.1 Å². The Morgan fingerprint density at radius 3 is 2.75 bits per heavy atom. The van der Waals surface area contributed by atoms with Gasteiger partial charge < -0.3 is 5.32 Å². The zero-order chi connectivity index (χ0) is 14.3. The van der Waals surface area contributed by atoms with Gasteiger partial charge in [-0.3, -0.25) is 14.5 Å². The molecule has 1 unspecified atom stereocenters. The van der Waals surface area contributed by atoms with Crippen LogP contribution in [0.2, 0.25) is 5.02 Å². The summed E-state index contributed by atoms with van der Waals surface area (Å²) in [6, 6.07) is 6.31. The third kappa shape index (κ3) is 2.23. The number of hydrogen-bond donors (Lipinski definition) is 1. The van der Waals surface area contributed by atoms with Crippen LogP contribution in [0.4, 0.5) is 5.69 Å². The number of carbonyl (C=O) groups excluding carboxylic acids is 2. The Labute approximate surface area is 121 Å². The van der Waals surface area contributed by atoms with E-state index >= 15 is 0 Å². The average Bonchev–Trinajstić information content (AvgIpc) is 3.19. The van der Waals surface area contributed by atoms with Crippen LogP contribution in [-0.4, -0.2) is 28.8 Å². The second-order valence-electron chi connectivity index (χ2n) is 5.04. The lowest BCUT2D eigenvalue weighted by Crippen LogP contribution is -2.36. The molecule has 2 amide bonds. The monoisotopic (exact) mass is 289 g/mol. The molecule has 0 spiro atoms. The molecule has 3 rings (SSSR count). The van der Waals surface area contributed by atoms with Crippen LogP contribution in [0, 0.1) is 11.3 Å². The van der Waals surface area contributed by atoms with Crippen LogP contribution in [-0.2, 0) is 9.59 Å². The van der Waals surface area contributed by atoms with Gasteiger partial charge in [-0.25, -0.2) is 0 Å². The third-order valence-corrected chi connectivity index (χ3v) is 3.76. The number of nitriles is 1. The van der Waals surface area contributed by atoms with Crippen molar-refractivity contribution in [3.8, 4) is 6.07 Å². The summed E-state index contributed by atoms with van der Waals surface area (Å²) in [5.74, 6) is -0.350. The molecular formula is C14H12ClN3O2. The highest BCUT2D eigenvalue weighted by molar-refractivity contribution is 6.30. The first-order valence-electron chi connectivity index (χ1n) is 6.42. The first-order valence-corrected chi connectivity index (χ1v) is 6.80. The minimum Gasteiger partial charge on any atom is -0.372 e. The quantitative estimate of drug-likeness (QED) is 0.863. The van der Waals surface area contributed by atoms with Gasteiger partial charge in [0.05, 0.1) is 17.7 Å². The molecule has 2 aliphatic rings. The van der Waals surface area contributed by atoms with Crippen LogP contribution in [0.25, 0.3) is 0 Å². The number of nitrogens with one attached hydrogen (secondary N) is 1. The highest BCUT2D eigenvalue weighted by Gasteiger charge is 2.46. The fourth-order valence-electron chi connectivity index (χ4n) is 2.40. The van der Waals surface area contributed by atoms with Crippen LogP contribution in [0.3, 0.4) is 0 Å². The van der Waals surface area contributed by atoms with Gasteiger partial charge in [0.1, 0.15) is 12.1 Å². The van der Waals surface area contributed by atoms with Crippen molar-refractivity contribution in [1.82, 2.24) is 4.90 Å². The molecule has 5 nitrogen and oxygen atoms in total. The predicted molar refractivity (Wildman–Crippen MR) is 73.1 cm³/mol. The molecule has 1 aromatic carbocycles. The van der Waals surface area contributed by atoms with E-state index in [9.17, 15) is 9.59 Å². The Balaban J connectivity index is 1.82. The van der Waals surface area contributed by atoms with E-state index in [1.807, 2.05) is 6.07 Å². The van der Waals surface area contributed by atoms with Crippen LogP contribution in [0.1, 0.15) is 24.8 Å². The molecule has 1 saturated heterocycles. The second kappa shape index (κ2) is 4.80. The van der Waals surface area contributed by atoms with Crippen LogP contribution < -0.4 is 5.32 Å². The molecule has 1 aromatic rings. The number of nitrogens with zero attached hydrogens (tertiary/aromatic N) is 2. The van der Waals surface area contributed by atoms with Crippen molar-refractivity contribution in [2.45, 2.75) is 31.3 Å². The Morgan fingerprint density at radius 1 is 1.35 bits per heavy atom. The molecule has 0 radical (unpaired) electrons. The molecule has 20 heavy (non-hydrogen) atoms. The molecule has 6 heteroatoms. The predicted octanol–water partition coefficient (Wildman–Crippen LogP) is 1.91. The Morgan fingerprint density at radius 2 is 2.10 bits per heavy atom. The summed E-state index contributed by atoms with van der Waals surface area (Å²) in [5.41, 5.74) is 0.892. The second-order valence-corrected chi connectivity index (χ2v) is 5.47. The van der Waals surface area contributed by atoms with E-state index in [1.165, 1.54) is 4.90 Å². The van der Waals surface area contributed by atoms with E-state index in [0.29, 0.717) is 16.3 Å². The molecule has 1 heterocycles. The van der Waals surface area contributed by atoms with Crippen molar-refractivity contribution in [2.75, 3.05) is 5.32 Å². The van der Waals surface area contributed by atoms with E-state index in [4.69, 9.17) is 16.9 Å². The topological polar surface area (TPSA) is 73.2 Å². The van der Waals surface area contributed by atoms with Crippen LogP contribution in [0.15, 0.2) is 18.2 Å². The molecule has 0 aromatic heterocycles.